The molecule has 0 aliphatic heterocycles. The van der Waals surface area contributed by atoms with Crippen molar-refractivity contribution in [3.8, 4) is 11.5 Å². The zero-order chi connectivity index (χ0) is 19.4. The molecule has 3 N–H and O–H groups in total. The first kappa shape index (κ1) is 20.9. The summed E-state index contributed by atoms with van der Waals surface area (Å²) in [7, 11) is 0. The third kappa shape index (κ3) is 7.65. The third-order valence-corrected chi connectivity index (χ3v) is 3.02. The maximum absolute atomic E-state index is 11.6. The van der Waals surface area contributed by atoms with Gasteiger partial charge in [-0.25, -0.2) is 10.2 Å². The van der Waals surface area contributed by atoms with E-state index < -0.39 is 24.4 Å². The number of hydrogen-bond donors (Lipinski definition) is 3. The molecular formula is C17H23N3O6. The second-order valence-electron chi connectivity index (χ2n) is 5.13. The van der Waals surface area contributed by atoms with Gasteiger partial charge in [0.05, 0.1) is 12.8 Å². The molecule has 0 fully saturated rings. The van der Waals surface area contributed by atoms with E-state index in [1.165, 1.54) is 12.3 Å². The fraction of sp³-hybridized carbons (Fsp3) is 0.412. The molecule has 9 heteroatoms. The van der Waals surface area contributed by atoms with Crippen molar-refractivity contribution in [2.75, 3.05) is 19.8 Å². The number of amides is 2. The second kappa shape index (κ2) is 11.5. The van der Waals surface area contributed by atoms with Crippen molar-refractivity contribution < 1.29 is 29.0 Å². The summed E-state index contributed by atoms with van der Waals surface area (Å²) in [5, 5.41) is 14.9. The number of benzene rings is 1. The number of carbonyl (C=O) groups is 3. The van der Waals surface area contributed by atoms with Crippen LogP contribution in [-0.2, 0) is 14.4 Å². The summed E-state index contributed by atoms with van der Waals surface area (Å²) in [6, 6.07) is 4.73. The number of carbonyl (C=O) groups excluding carboxylic acids is 2. The van der Waals surface area contributed by atoms with Crippen LogP contribution in [0.2, 0.25) is 0 Å². The SMILES string of the molecule is CCCCNC(=O)C(=O)N/N=C\c1ccc(OCC(=O)O)c(OCC)c1. The number of nitrogens with one attached hydrogen (secondary N) is 2. The number of aliphatic carboxylic acids is 1. The van der Waals surface area contributed by atoms with Gasteiger partial charge in [0.25, 0.3) is 0 Å². The number of carboxylic acids is 1. The molecule has 0 aliphatic carbocycles. The Bertz CT molecular complexity index is 660. The summed E-state index contributed by atoms with van der Waals surface area (Å²) in [6.45, 7) is 4.06. The van der Waals surface area contributed by atoms with Crippen molar-refractivity contribution in [1.29, 1.82) is 0 Å². The Morgan fingerprint density at radius 1 is 1.15 bits per heavy atom. The van der Waals surface area contributed by atoms with E-state index >= 15 is 0 Å². The molecule has 0 heterocycles. The van der Waals surface area contributed by atoms with Gasteiger partial charge in [0.2, 0.25) is 0 Å². The molecule has 1 aromatic carbocycles. The van der Waals surface area contributed by atoms with Crippen LogP contribution in [0.3, 0.4) is 0 Å². The molecule has 26 heavy (non-hydrogen) atoms. The van der Waals surface area contributed by atoms with E-state index in [2.05, 4.69) is 15.8 Å². The molecule has 1 rings (SSSR count). The van der Waals surface area contributed by atoms with Gasteiger partial charge >= 0.3 is 17.8 Å². The van der Waals surface area contributed by atoms with E-state index in [0.717, 1.165) is 12.8 Å². The Morgan fingerprint density at radius 2 is 1.92 bits per heavy atom. The smallest absolute Gasteiger partial charge is 0.341 e. The van der Waals surface area contributed by atoms with Gasteiger partial charge < -0.3 is 19.9 Å². The normalized spacial score (nSPS) is 10.4. The average molecular weight is 365 g/mol. The lowest BCUT2D eigenvalue weighted by Gasteiger charge is -2.11. The largest absolute Gasteiger partial charge is 0.490 e. The van der Waals surface area contributed by atoms with Crippen LogP contribution < -0.4 is 20.2 Å². The van der Waals surface area contributed by atoms with E-state index in [0.29, 0.717) is 24.5 Å². The lowest BCUT2D eigenvalue weighted by atomic mass is 10.2. The van der Waals surface area contributed by atoms with Crippen molar-refractivity contribution in [2.45, 2.75) is 26.7 Å². The van der Waals surface area contributed by atoms with Crippen molar-refractivity contribution in [2.24, 2.45) is 5.10 Å². The molecule has 0 spiro atoms. The number of nitrogens with zero attached hydrogens (tertiary/aromatic N) is 1. The first-order valence-electron chi connectivity index (χ1n) is 8.20. The van der Waals surface area contributed by atoms with Gasteiger partial charge in [-0.05, 0) is 37.1 Å². The minimum atomic E-state index is -1.10. The number of ether oxygens (including phenoxy) is 2. The minimum absolute atomic E-state index is 0.283. The Labute approximate surface area is 151 Å². The van der Waals surface area contributed by atoms with Crippen LogP contribution >= 0.6 is 0 Å². The molecular weight excluding hydrogens is 342 g/mol. The topological polar surface area (TPSA) is 126 Å². The third-order valence-electron chi connectivity index (χ3n) is 3.02. The lowest BCUT2D eigenvalue weighted by molar-refractivity contribution is -0.139. The predicted molar refractivity (Wildman–Crippen MR) is 94.4 cm³/mol. The van der Waals surface area contributed by atoms with Gasteiger partial charge in [0, 0.05) is 6.54 Å². The van der Waals surface area contributed by atoms with Crippen LogP contribution in [0, 0.1) is 0 Å². The number of hydrazone groups is 1. The van der Waals surface area contributed by atoms with Crippen LogP contribution in [0.25, 0.3) is 0 Å². The van der Waals surface area contributed by atoms with Crippen molar-refractivity contribution in [3.05, 3.63) is 23.8 Å². The minimum Gasteiger partial charge on any atom is -0.490 e. The van der Waals surface area contributed by atoms with Gasteiger partial charge in [-0.15, -0.1) is 0 Å². The van der Waals surface area contributed by atoms with Crippen LogP contribution in [0.4, 0.5) is 0 Å². The van der Waals surface area contributed by atoms with E-state index in [4.69, 9.17) is 14.6 Å². The summed E-state index contributed by atoms with van der Waals surface area (Å²) < 4.78 is 10.5. The highest BCUT2D eigenvalue weighted by Crippen LogP contribution is 2.28. The number of rotatable bonds is 10. The van der Waals surface area contributed by atoms with Crippen molar-refractivity contribution >= 4 is 24.0 Å². The summed E-state index contributed by atoms with van der Waals surface area (Å²) >= 11 is 0. The summed E-state index contributed by atoms with van der Waals surface area (Å²) in [6.07, 6.45) is 3.04. The Kier molecular flexibility index (Phi) is 9.23. The molecule has 1 aromatic rings. The molecule has 9 nitrogen and oxygen atoms in total. The Morgan fingerprint density at radius 3 is 2.58 bits per heavy atom. The molecule has 0 bridgehead atoms. The number of carboxylic acid groups (broad SMARTS) is 1. The molecule has 142 valence electrons. The maximum atomic E-state index is 11.6. The zero-order valence-electron chi connectivity index (χ0n) is 14.8. The first-order valence-corrected chi connectivity index (χ1v) is 8.20. The molecule has 0 saturated heterocycles. The first-order chi connectivity index (χ1) is 12.5. The van der Waals surface area contributed by atoms with Crippen molar-refractivity contribution in [1.82, 2.24) is 10.7 Å². The molecule has 0 atom stereocenters. The molecule has 0 unspecified atom stereocenters. The van der Waals surface area contributed by atoms with Gasteiger partial charge in [-0.3, -0.25) is 9.59 Å². The van der Waals surface area contributed by atoms with Crippen LogP contribution in [0.1, 0.15) is 32.3 Å². The van der Waals surface area contributed by atoms with Crippen LogP contribution in [0.5, 0.6) is 11.5 Å². The predicted octanol–water partition coefficient (Wildman–Crippen LogP) is 0.915. The zero-order valence-corrected chi connectivity index (χ0v) is 14.8. The molecule has 0 radical (unpaired) electrons. The highest BCUT2D eigenvalue weighted by Gasteiger charge is 2.11. The van der Waals surface area contributed by atoms with E-state index in [1.54, 1.807) is 19.1 Å². The highest BCUT2D eigenvalue weighted by atomic mass is 16.5. The van der Waals surface area contributed by atoms with Crippen LogP contribution in [0.15, 0.2) is 23.3 Å². The Hall–Kier alpha value is -3.10. The quantitative estimate of drug-likeness (QED) is 0.245. The molecule has 0 aromatic heterocycles. The molecule has 0 aliphatic rings. The standard InChI is InChI=1S/C17H23N3O6/c1-3-5-8-18-16(23)17(24)20-19-10-12-6-7-13(26-11-15(21)22)14(9-12)25-4-2/h6-7,9-10H,3-5,8,11H2,1-2H3,(H,18,23)(H,20,24)(H,21,22)/b19-10-. The van der Waals surface area contributed by atoms with Gasteiger partial charge in [0.1, 0.15) is 0 Å². The lowest BCUT2D eigenvalue weighted by Crippen LogP contribution is -2.38. The number of unbranched alkanes of at least 4 members (excludes halogenated alkanes) is 1. The maximum Gasteiger partial charge on any atom is 0.341 e. The van der Waals surface area contributed by atoms with E-state index in [9.17, 15) is 14.4 Å². The molecule has 2 amide bonds. The van der Waals surface area contributed by atoms with Gasteiger partial charge in [-0.2, -0.15) is 5.10 Å². The molecule has 0 saturated carbocycles. The Balaban J connectivity index is 2.66. The van der Waals surface area contributed by atoms with E-state index in [-0.39, 0.29) is 5.75 Å². The number of hydrogen-bond acceptors (Lipinski definition) is 6. The summed E-state index contributed by atoms with van der Waals surface area (Å²) in [4.78, 5) is 33.6. The van der Waals surface area contributed by atoms with Gasteiger partial charge in [-0.1, -0.05) is 13.3 Å². The fourth-order valence-electron chi connectivity index (χ4n) is 1.81. The van der Waals surface area contributed by atoms with Gasteiger partial charge in [0.15, 0.2) is 18.1 Å². The fourth-order valence-corrected chi connectivity index (χ4v) is 1.81. The second-order valence-corrected chi connectivity index (χ2v) is 5.13. The van der Waals surface area contributed by atoms with Crippen molar-refractivity contribution in [3.63, 3.8) is 0 Å². The summed E-state index contributed by atoms with van der Waals surface area (Å²) in [5.41, 5.74) is 2.70. The highest BCUT2D eigenvalue weighted by molar-refractivity contribution is 6.35. The average Bonchev–Trinajstić information content (AvgIpc) is 2.61. The monoisotopic (exact) mass is 365 g/mol. The van der Waals surface area contributed by atoms with Crippen LogP contribution in [-0.4, -0.2) is 48.9 Å². The summed E-state index contributed by atoms with van der Waals surface area (Å²) in [5.74, 6) is -2.07. The van der Waals surface area contributed by atoms with E-state index in [1.807, 2.05) is 6.92 Å².